The number of halogens is 1. The van der Waals surface area contributed by atoms with E-state index in [0.717, 1.165) is 11.1 Å². The summed E-state index contributed by atoms with van der Waals surface area (Å²) in [4.78, 5) is 0. The van der Waals surface area contributed by atoms with Crippen molar-refractivity contribution in [2.24, 2.45) is 0 Å². The summed E-state index contributed by atoms with van der Waals surface area (Å²) in [7, 11) is 1.44. The molecule has 2 rings (SSSR count). The van der Waals surface area contributed by atoms with Gasteiger partial charge in [-0.25, -0.2) is 4.39 Å². The number of nitrogens with zero attached hydrogens (tertiary/aromatic N) is 1. The first-order chi connectivity index (χ1) is 6.81. The molecule has 0 fully saturated rings. The van der Waals surface area contributed by atoms with Gasteiger partial charge in [0.25, 0.3) is 0 Å². The van der Waals surface area contributed by atoms with Crippen LogP contribution < -0.4 is 4.74 Å². The summed E-state index contributed by atoms with van der Waals surface area (Å²) in [6.45, 7) is 0. The number of methoxy groups -OCH3 is 1. The maximum Gasteiger partial charge on any atom is 0.165 e. The van der Waals surface area contributed by atoms with Crippen LogP contribution in [0.3, 0.4) is 0 Å². The molecule has 1 aromatic heterocycles. The Morgan fingerprint density at radius 2 is 2.21 bits per heavy atom. The number of aromatic nitrogens is 2. The summed E-state index contributed by atoms with van der Waals surface area (Å²) in [5, 5.41) is 6.46. The molecule has 0 bridgehead atoms. The van der Waals surface area contributed by atoms with Crippen LogP contribution in [-0.2, 0) is 0 Å². The van der Waals surface area contributed by atoms with Crippen molar-refractivity contribution in [3.05, 3.63) is 36.4 Å². The first-order valence-electron chi connectivity index (χ1n) is 4.14. The van der Waals surface area contributed by atoms with Crippen LogP contribution in [0, 0.1) is 5.82 Å². The van der Waals surface area contributed by atoms with Gasteiger partial charge >= 0.3 is 0 Å². The van der Waals surface area contributed by atoms with Crippen molar-refractivity contribution in [1.29, 1.82) is 0 Å². The van der Waals surface area contributed by atoms with Crippen molar-refractivity contribution >= 4 is 0 Å². The van der Waals surface area contributed by atoms with Crippen molar-refractivity contribution in [1.82, 2.24) is 10.2 Å². The van der Waals surface area contributed by atoms with E-state index in [-0.39, 0.29) is 11.6 Å². The van der Waals surface area contributed by atoms with Gasteiger partial charge in [0.05, 0.1) is 13.3 Å². The highest BCUT2D eigenvalue weighted by atomic mass is 19.1. The molecule has 0 radical (unpaired) electrons. The van der Waals surface area contributed by atoms with Gasteiger partial charge in [0.1, 0.15) is 0 Å². The highest BCUT2D eigenvalue weighted by Crippen LogP contribution is 2.24. The van der Waals surface area contributed by atoms with Gasteiger partial charge in [-0.3, -0.25) is 5.10 Å². The van der Waals surface area contributed by atoms with Crippen molar-refractivity contribution in [2.75, 3.05) is 7.11 Å². The molecular weight excluding hydrogens is 183 g/mol. The minimum atomic E-state index is -0.369. The Balaban J connectivity index is 2.43. The first-order valence-corrected chi connectivity index (χ1v) is 4.14. The molecule has 0 aliphatic heterocycles. The molecule has 0 saturated carbocycles. The number of ether oxygens (including phenoxy) is 1. The Morgan fingerprint density at radius 3 is 2.79 bits per heavy atom. The third-order valence-corrected chi connectivity index (χ3v) is 1.98. The number of nitrogens with one attached hydrogen (secondary N) is 1. The smallest absolute Gasteiger partial charge is 0.165 e. The number of H-pyrrole nitrogens is 1. The second kappa shape index (κ2) is 3.49. The molecular formula is C10H9FN2O. The molecule has 1 heterocycles. The van der Waals surface area contributed by atoms with E-state index in [9.17, 15) is 4.39 Å². The maximum atomic E-state index is 13.3. The van der Waals surface area contributed by atoms with Crippen molar-refractivity contribution in [2.45, 2.75) is 0 Å². The summed E-state index contributed by atoms with van der Waals surface area (Å²) >= 11 is 0. The molecule has 0 aliphatic rings. The predicted molar refractivity (Wildman–Crippen MR) is 50.5 cm³/mol. The zero-order valence-electron chi connectivity index (χ0n) is 7.62. The van der Waals surface area contributed by atoms with Gasteiger partial charge in [-0.15, -0.1) is 0 Å². The molecule has 2 aromatic rings. The number of aromatic amines is 1. The quantitative estimate of drug-likeness (QED) is 0.792. The van der Waals surface area contributed by atoms with Crippen LogP contribution in [0.5, 0.6) is 5.75 Å². The van der Waals surface area contributed by atoms with Gasteiger partial charge in [0, 0.05) is 11.8 Å². The van der Waals surface area contributed by atoms with Crippen molar-refractivity contribution in [3.8, 4) is 16.9 Å². The van der Waals surface area contributed by atoms with Crippen LogP contribution in [0.2, 0.25) is 0 Å². The average Bonchev–Trinajstić information content (AvgIpc) is 2.70. The summed E-state index contributed by atoms with van der Waals surface area (Å²) in [6, 6.07) is 4.80. The van der Waals surface area contributed by atoms with Crippen molar-refractivity contribution in [3.63, 3.8) is 0 Å². The molecule has 0 amide bonds. The summed E-state index contributed by atoms with van der Waals surface area (Å²) < 4.78 is 18.1. The lowest BCUT2D eigenvalue weighted by Crippen LogP contribution is -1.87. The van der Waals surface area contributed by atoms with Crippen LogP contribution in [0.15, 0.2) is 30.6 Å². The molecule has 0 aliphatic carbocycles. The number of hydrogen-bond acceptors (Lipinski definition) is 2. The Bertz CT molecular complexity index is 426. The van der Waals surface area contributed by atoms with Gasteiger partial charge < -0.3 is 4.74 Å². The minimum absolute atomic E-state index is 0.247. The zero-order valence-corrected chi connectivity index (χ0v) is 7.62. The molecule has 1 aromatic carbocycles. The van der Waals surface area contributed by atoms with E-state index in [4.69, 9.17) is 4.74 Å². The fraction of sp³-hybridized carbons (Fsp3) is 0.100. The number of rotatable bonds is 2. The second-order valence-corrected chi connectivity index (χ2v) is 2.84. The third-order valence-electron chi connectivity index (χ3n) is 1.98. The van der Waals surface area contributed by atoms with Crippen LogP contribution in [0.1, 0.15) is 0 Å². The highest BCUT2D eigenvalue weighted by molar-refractivity contribution is 5.62. The lowest BCUT2D eigenvalue weighted by atomic mass is 10.1. The molecule has 1 N–H and O–H groups in total. The van der Waals surface area contributed by atoms with Gasteiger partial charge in [-0.1, -0.05) is 6.07 Å². The molecule has 0 spiro atoms. The topological polar surface area (TPSA) is 37.9 Å². The van der Waals surface area contributed by atoms with E-state index in [1.54, 1.807) is 24.5 Å². The number of hydrogen-bond donors (Lipinski definition) is 1. The fourth-order valence-corrected chi connectivity index (χ4v) is 1.25. The summed E-state index contributed by atoms with van der Waals surface area (Å²) in [6.07, 6.45) is 3.35. The molecule has 72 valence electrons. The Labute approximate surface area is 80.5 Å². The lowest BCUT2D eigenvalue weighted by molar-refractivity contribution is 0.386. The molecule has 14 heavy (non-hydrogen) atoms. The minimum Gasteiger partial charge on any atom is -0.494 e. The van der Waals surface area contributed by atoms with E-state index >= 15 is 0 Å². The van der Waals surface area contributed by atoms with E-state index < -0.39 is 0 Å². The SMILES string of the molecule is COc1ccc(-c2cn[nH]c2)cc1F. The lowest BCUT2D eigenvalue weighted by Gasteiger charge is -2.02. The monoisotopic (exact) mass is 192 g/mol. The number of benzene rings is 1. The molecule has 0 unspecified atom stereocenters. The molecule has 3 nitrogen and oxygen atoms in total. The molecule has 0 saturated heterocycles. The standard InChI is InChI=1S/C10H9FN2O/c1-14-10-3-2-7(4-9(10)11)8-5-12-13-6-8/h2-6H,1H3,(H,12,13). The van der Waals surface area contributed by atoms with Crippen LogP contribution >= 0.6 is 0 Å². The first kappa shape index (κ1) is 8.74. The maximum absolute atomic E-state index is 13.3. The Kier molecular flexibility index (Phi) is 2.18. The van der Waals surface area contributed by atoms with E-state index in [0.29, 0.717) is 0 Å². The van der Waals surface area contributed by atoms with E-state index in [2.05, 4.69) is 10.2 Å². The second-order valence-electron chi connectivity index (χ2n) is 2.84. The zero-order chi connectivity index (χ0) is 9.97. The van der Waals surface area contributed by atoms with Gasteiger partial charge in [0.2, 0.25) is 0 Å². The van der Waals surface area contributed by atoms with Crippen molar-refractivity contribution < 1.29 is 9.13 Å². The van der Waals surface area contributed by atoms with Crippen LogP contribution in [0.25, 0.3) is 11.1 Å². The normalized spacial score (nSPS) is 10.1. The van der Waals surface area contributed by atoms with E-state index in [1.807, 2.05) is 0 Å². The third kappa shape index (κ3) is 1.46. The van der Waals surface area contributed by atoms with E-state index in [1.165, 1.54) is 13.2 Å². The average molecular weight is 192 g/mol. The van der Waals surface area contributed by atoms with Gasteiger partial charge in [-0.05, 0) is 17.7 Å². The Morgan fingerprint density at radius 1 is 1.36 bits per heavy atom. The van der Waals surface area contributed by atoms with Crippen LogP contribution in [0.4, 0.5) is 4.39 Å². The largest absolute Gasteiger partial charge is 0.494 e. The molecule has 4 heteroatoms. The highest BCUT2D eigenvalue weighted by Gasteiger charge is 2.05. The van der Waals surface area contributed by atoms with Gasteiger partial charge in [-0.2, -0.15) is 5.10 Å². The fourth-order valence-electron chi connectivity index (χ4n) is 1.25. The summed E-state index contributed by atoms with van der Waals surface area (Å²) in [5.41, 5.74) is 1.63. The molecule has 0 atom stereocenters. The summed E-state index contributed by atoms with van der Waals surface area (Å²) in [5.74, 6) is -0.122. The Hall–Kier alpha value is -1.84. The predicted octanol–water partition coefficient (Wildman–Crippen LogP) is 2.22. The van der Waals surface area contributed by atoms with Crippen LogP contribution in [-0.4, -0.2) is 17.3 Å². The van der Waals surface area contributed by atoms with Gasteiger partial charge in [0.15, 0.2) is 11.6 Å².